The van der Waals surface area contributed by atoms with Crippen molar-refractivity contribution in [3.8, 4) is 0 Å². The monoisotopic (exact) mass is 232 g/mol. The van der Waals surface area contributed by atoms with Gasteiger partial charge in [-0.1, -0.05) is 20.8 Å². The Morgan fingerprint density at radius 1 is 1.21 bits per heavy atom. The summed E-state index contributed by atoms with van der Waals surface area (Å²) in [6.07, 6.45) is 0. The van der Waals surface area contributed by atoms with Crippen molar-refractivity contribution in [2.75, 3.05) is 0 Å². The number of nitrogens with zero attached hydrogens (tertiary/aromatic N) is 1. The van der Waals surface area contributed by atoms with Gasteiger partial charge in [-0.15, -0.1) is 0 Å². The van der Waals surface area contributed by atoms with Gasteiger partial charge in [-0.05, 0) is 11.3 Å². The Balaban J connectivity index is 5.23. The molecule has 0 atom stereocenters. The van der Waals surface area contributed by atoms with Crippen molar-refractivity contribution in [2.24, 2.45) is 9.81 Å². The molecule has 8 heteroatoms. The minimum absolute atomic E-state index is 1.25. The van der Waals surface area contributed by atoms with Crippen molar-refractivity contribution in [1.82, 2.24) is 0 Å². The van der Waals surface area contributed by atoms with Gasteiger partial charge in [-0.25, -0.2) is 0 Å². The minimum atomic E-state index is -5.70. The van der Waals surface area contributed by atoms with Crippen LogP contribution in [-0.2, 0) is 10.0 Å². The van der Waals surface area contributed by atoms with E-state index in [1.807, 2.05) is 0 Å². The van der Waals surface area contributed by atoms with Gasteiger partial charge in [-0.3, -0.25) is 0 Å². The van der Waals surface area contributed by atoms with Gasteiger partial charge in [0.15, 0.2) is 0 Å². The van der Waals surface area contributed by atoms with Crippen LogP contribution in [0.15, 0.2) is 4.40 Å². The van der Waals surface area contributed by atoms with Gasteiger partial charge < -0.3 is 5.11 Å². The molecule has 0 spiro atoms. The van der Waals surface area contributed by atoms with Crippen LogP contribution in [0.4, 0.5) is 13.2 Å². The van der Waals surface area contributed by atoms with Crippen LogP contribution < -0.4 is 5.11 Å². The summed E-state index contributed by atoms with van der Waals surface area (Å²) >= 11 is 0. The molecular formula is C6H9F3NO3S-. The summed E-state index contributed by atoms with van der Waals surface area (Å²) in [6, 6.07) is 0. The van der Waals surface area contributed by atoms with Crippen LogP contribution in [0.25, 0.3) is 0 Å². The van der Waals surface area contributed by atoms with E-state index in [4.69, 9.17) is 0 Å². The second kappa shape index (κ2) is 3.41. The van der Waals surface area contributed by atoms with Crippen LogP contribution in [0.2, 0.25) is 0 Å². The Hall–Kier alpha value is -0.790. The molecule has 0 aliphatic carbocycles. The van der Waals surface area contributed by atoms with Crippen LogP contribution in [0.5, 0.6) is 0 Å². The van der Waals surface area contributed by atoms with Gasteiger partial charge in [0.25, 0.3) is 0 Å². The van der Waals surface area contributed by atoms with E-state index < -0.39 is 26.8 Å². The van der Waals surface area contributed by atoms with Gasteiger partial charge in [0.1, 0.15) is 0 Å². The molecule has 0 radical (unpaired) electrons. The fourth-order valence-electron chi connectivity index (χ4n) is 0.298. The van der Waals surface area contributed by atoms with Crippen molar-refractivity contribution in [1.29, 1.82) is 0 Å². The summed E-state index contributed by atoms with van der Waals surface area (Å²) in [5.41, 5.74) is -6.77. The largest absolute Gasteiger partial charge is 0.861 e. The van der Waals surface area contributed by atoms with Crippen molar-refractivity contribution >= 4 is 15.9 Å². The first-order valence-corrected chi connectivity index (χ1v) is 4.90. The molecule has 0 aliphatic rings. The van der Waals surface area contributed by atoms with Gasteiger partial charge in [0.2, 0.25) is 0 Å². The Morgan fingerprint density at radius 3 is 1.79 bits per heavy atom. The quantitative estimate of drug-likeness (QED) is 0.492. The number of halogens is 3. The topological polar surface area (TPSA) is 69.6 Å². The summed E-state index contributed by atoms with van der Waals surface area (Å²) < 4.78 is 58.2. The van der Waals surface area contributed by atoms with E-state index in [0.29, 0.717) is 0 Å². The molecule has 0 fully saturated rings. The van der Waals surface area contributed by atoms with Crippen molar-refractivity contribution in [3.05, 3.63) is 0 Å². The van der Waals surface area contributed by atoms with Gasteiger partial charge in [0, 0.05) is 0 Å². The number of hydrogen-bond donors (Lipinski definition) is 0. The first-order valence-electron chi connectivity index (χ1n) is 3.46. The highest BCUT2D eigenvalue weighted by Crippen LogP contribution is 2.26. The normalized spacial score (nSPS) is 15.7. The molecule has 14 heavy (non-hydrogen) atoms. The number of sulfonamides is 1. The molecule has 0 unspecified atom stereocenters. The van der Waals surface area contributed by atoms with Gasteiger partial charge in [-0.2, -0.15) is 26.0 Å². The highest BCUT2D eigenvalue weighted by atomic mass is 32.2. The lowest BCUT2D eigenvalue weighted by molar-refractivity contribution is -0.228. The zero-order valence-electron chi connectivity index (χ0n) is 7.71. The molecule has 0 saturated heterocycles. The zero-order chi connectivity index (χ0) is 11.8. The standard InChI is InChI=1S/C6H10F3NO3S/c1-5(2,3)4(11)10-14(12,13)6(7,8)9/h1-3H3,(H,10,11)/p-1. The summed E-state index contributed by atoms with van der Waals surface area (Å²) in [5, 5.41) is 10.9. The molecule has 0 bridgehead atoms. The fraction of sp³-hybridized carbons (Fsp3) is 0.833. The summed E-state index contributed by atoms with van der Waals surface area (Å²) in [4.78, 5) is 0. The van der Waals surface area contributed by atoms with Crippen LogP contribution >= 0.6 is 0 Å². The van der Waals surface area contributed by atoms with Crippen LogP contribution in [-0.4, -0.2) is 19.8 Å². The van der Waals surface area contributed by atoms with E-state index in [2.05, 4.69) is 4.40 Å². The first kappa shape index (κ1) is 13.2. The number of rotatable bonds is 1. The lowest BCUT2D eigenvalue weighted by Crippen LogP contribution is -2.35. The predicted octanol–water partition coefficient (Wildman–Crippen LogP) is 0.641. The minimum Gasteiger partial charge on any atom is -0.861 e. The molecule has 0 aromatic carbocycles. The molecule has 84 valence electrons. The van der Waals surface area contributed by atoms with E-state index in [-0.39, 0.29) is 0 Å². The zero-order valence-corrected chi connectivity index (χ0v) is 8.53. The molecule has 0 heterocycles. The molecule has 0 N–H and O–H groups in total. The third-order valence-electron chi connectivity index (χ3n) is 1.14. The molecule has 0 aliphatic heterocycles. The molecular weight excluding hydrogens is 223 g/mol. The first-order chi connectivity index (χ1) is 5.88. The molecule has 4 nitrogen and oxygen atoms in total. The third-order valence-corrected chi connectivity index (χ3v) is 2.13. The fourth-order valence-corrected chi connectivity index (χ4v) is 0.894. The summed E-state index contributed by atoms with van der Waals surface area (Å²) in [5.74, 6) is -1.32. The second-order valence-corrected chi connectivity index (χ2v) is 5.16. The van der Waals surface area contributed by atoms with E-state index in [1.54, 1.807) is 0 Å². The van der Waals surface area contributed by atoms with E-state index in [1.165, 1.54) is 20.8 Å². The Kier molecular flexibility index (Phi) is 3.22. The van der Waals surface area contributed by atoms with Gasteiger partial charge in [0.05, 0.1) is 0 Å². The maximum Gasteiger partial charge on any atom is 0.518 e. The number of hydrogen-bond acceptors (Lipinski definition) is 3. The third kappa shape index (κ3) is 3.17. The molecule has 0 amide bonds. The Morgan fingerprint density at radius 2 is 1.57 bits per heavy atom. The molecule has 0 rings (SSSR count). The predicted molar refractivity (Wildman–Crippen MR) is 41.9 cm³/mol. The van der Waals surface area contributed by atoms with Crippen LogP contribution in [0.1, 0.15) is 20.8 Å². The van der Waals surface area contributed by atoms with Crippen molar-refractivity contribution < 1.29 is 26.7 Å². The highest BCUT2D eigenvalue weighted by Gasteiger charge is 2.46. The second-order valence-electron chi connectivity index (χ2n) is 3.57. The summed E-state index contributed by atoms with van der Waals surface area (Å²) in [6.45, 7) is 3.81. The van der Waals surface area contributed by atoms with Crippen molar-refractivity contribution in [3.63, 3.8) is 0 Å². The lowest BCUT2D eigenvalue weighted by Gasteiger charge is -2.25. The lowest BCUT2D eigenvalue weighted by atomic mass is 9.97. The highest BCUT2D eigenvalue weighted by molar-refractivity contribution is 7.91. The van der Waals surface area contributed by atoms with E-state index in [0.717, 1.165) is 0 Å². The smallest absolute Gasteiger partial charge is 0.518 e. The number of alkyl halides is 3. The SMILES string of the molecule is CC(C)(C)/C([O-])=N/S(=O)(=O)C(F)(F)F. The average molecular weight is 232 g/mol. The summed E-state index contributed by atoms with van der Waals surface area (Å²) in [7, 11) is -5.70. The van der Waals surface area contributed by atoms with E-state index in [9.17, 15) is 26.7 Å². The molecule has 0 saturated carbocycles. The maximum atomic E-state index is 11.7. The molecule has 0 aromatic heterocycles. The molecule has 0 aromatic rings. The van der Waals surface area contributed by atoms with Crippen molar-refractivity contribution in [2.45, 2.75) is 26.3 Å². The Bertz CT molecular complexity index is 336. The Labute approximate surface area is 79.5 Å². The average Bonchev–Trinajstić information content (AvgIpc) is 1.80. The van der Waals surface area contributed by atoms with Crippen LogP contribution in [0, 0.1) is 5.41 Å². The van der Waals surface area contributed by atoms with E-state index >= 15 is 0 Å². The van der Waals surface area contributed by atoms with Gasteiger partial charge >= 0.3 is 15.5 Å². The van der Waals surface area contributed by atoms with Crippen LogP contribution in [0.3, 0.4) is 0 Å². The maximum absolute atomic E-state index is 11.7.